The van der Waals surface area contributed by atoms with Crippen LogP contribution in [0.2, 0.25) is 0 Å². The van der Waals surface area contributed by atoms with Gasteiger partial charge in [0.15, 0.2) is 0 Å². The standard InChI is InChI=1S/C13H21N3O/c14-9-12-8-13(3-5-15-12)16-6-1-2-11(10-16)4-7-17/h3,5,8,11,17H,1-2,4,6-7,9-10,14H2. The van der Waals surface area contributed by atoms with Crippen LogP contribution < -0.4 is 10.6 Å². The van der Waals surface area contributed by atoms with Crippen molar-refractivity contribution in [2.24, 2.45) is 11.7 Å². The molecule has 0 aliphatic carbocycles. The van der Waals surface area contributed by atoms with E-state index in [1.807, 2.05) is 12.3 Å². The molecule has 0 bridgehead atoms. The Balaban J connectivity index is 2.05. The Morgan fingerprint density at radius 2 is 2.41 bits per heavy atom. The molecule has 0 saturated carbocycles. The van der Waals surface area contributed by atoms with Crippen LogP contribution in [0.4, 0.5) is 5.69 Å². The van der Waals surface area contributed by atoms with Gasteiger partial charge in [-0.3, -0.25) is 4.98 Å². The third-order valence-corrected chi connectivity index (χ3v) is 3.43. The van der Waals surface area contributed by atoms with Gasteiger partial charge in [0.05, 0.1) is 5.69 Å². The average molecular weight is 235 g/mol. The SMILES string of the molecule is NCc1cc(N2CCCC(CCO)C2)ccn1. The molecular weight excluding hydrogens is 214 g/mol. The van der Waals surface area contributed by atoms with Crippen molar-refractivity contribution >= 4 is 5.69 Å². The van der Waals surface area contributed by atoms with Gasteiger partial charge in [0, 0.05) is 38.1 Å². The number of anilines is 1. The van der Waals surface area contributed by atoms with Crippen molar-refractivity contribution in [2.45, 2.75) is 25.8 Å². The first-order chi connectivity index (χ1) is 8.33. The molecule has 1 aromatic rings. The largest absolute Gasteiger partial charge is 0.396 e. The zero-order valence-electron chi connectivity index (χ0n) is 10.2. The monoisotopic (exact) mass is 235 g/mol. The van der Waals surface area contributed by atoms with Gasteiger partial charge in [-0.1, -0.05) is 0 Å². The number of rotatable bonds is 4. The number of aliphatic hydroxyl groups is 1. The average Bonchev–Trinajstić information content (AvgIpc) is 2.40. The smallest absolute Gasteiger partial charge is 0.0560 e. The lowest BCUT2D eigenvalue weighted by atomic mass is 9.95. The van der Waals surface area contributed by atoms with Crippen LogP contribution in [-0.2, 0) is 6.54 Å². The molecule has 1 aromatic heterocycles. The summed E-state index contributed by atoms with van der Waals surface area (Å²) in [6.07, 6.45) is 5.16. The Morgan fingerprint density at radius 1 is 1.53 bits per heavy atom. The zero-order chi connectivity index (χ0) is 12.1. The molecular formula is C13H21N3O. The van der Waals surface area contributed by atoms with E-state index >= 15 is 0 Å². The predicted octanol–water partition coefficient (Wildman–Crippen LogP) is 1.14. The van der Waals surface area contributed by atoms with Crippen molar-refractivity contribution in [3.05, 3.63) is 24.0 Å². The van der Waals surface area contributed by atoms with Crippen LogP contribution >= 0.6 is 0 Å². The fourth-order valence-corrected chi connectivity index (χ4v) is 2.49. The van der Waals surface area contributed by atoms with Gasteiger partial charge in [-0.2, -0.15) is 0 Å². The lowest BCUT2D eigenvalue weighted by Gasteiger charge is -2.34. The summed E-state index contributed by atoms with van der Waals surface area (Å²) >= 11 is 0. The maximum atomic E-state index is 9.01. The first-order valence-electron chi connectivity index (χ1n) is 6.34. The summed E-state index contributed by atoms with van der Waals surface area (Å²) < 4.78 is 0. The lowest BCUT2D eigenvalue weighted by Crippen LogP contribution is -2.35. The topological polar surface area (TPSA) is 62.4 Å². The zero-order valence-corrected chi connectivity index (χ0v) is 10.2. The second-order valence-corrected chi connectivity index (χ2v) is 4.68. The first-order valence-corrected chi connectivity index (χ1v) is 6.34. The van der Waals surface area contributed by atoms with Gasteiger partial charge in [-0.15, -0.1) is 0 Å². The summed E-state index contributed by atoms with van der Waals surface area (Å²) in [5, 5.41) is 9.01. The number of nitrogens with two attached hydrogens (primary N) is 1. The number of pyridine rings is 1. The number of hydrogen-bond donors (Lipinski definition) is 2. The molecule has 2 rings (SSSR count). The first kappa shape index (κ1) is 12.3. The number of piperidine rings is 1. The predicted molar refractivity (Wildman–Crippen MR) is 68.8 cm³/mol. The highest BCUT2D eigenvalue weighted by atomic mass is 16.3. The fraction of sp³-hybridized carbons (Fsp3) is 0.615. The minimum Gasteiger partial charge on any atom is -0.396 e. The van der Waals surface area contributed by atoms with Gasteiger partial charge < -0.3 is 15.7 Å². The molecule has 0 aromatic carbocycles. The van der Waals surface area contributed by atoms with Crippen LogP contribution in [0.3, 0.4) is 0 Å². The van der Waals surface area contributed by atoms with E-state index in [9.17, 15) is 0 Å². The molecule has 17 heavy (non-hydrogen) atoms. The summed E-state index contributed by atoms with van der Waals surface area (Å²) in [6, 6.07) is 4.11. The Kier molecular flexibility index (Phi) is 4.34. The van der Waals surface area contributed by atoms with E-state index in [1.54, 1.807) is 0 Å². The van der Waals surface area contributed by atoms with Gasteiger partial charge in [0.25, 0.3) is 0 Å². The lowest BCUT2D eigenvalue weighted by molar-refractivity contribution is 0.244. The third-order valence-electron chi connectivity index (χ3n) is 3.43. The van der Waals surface area contributed by atoms with Crippen molar-refractivity contribution < 1.29 is 5.11 Å². The molecule has 1 aliphatic heterocycles. The van der Waals surface area contributed by atoms with E-state index in [-0.39, 0.29) is 0 Å². The highest BCUT2D eigenvalue weighted by Crippen LogP contribution is 2.24. The molecule has 0 radical (unpaired) electrons. The maximum Gasteiger partial charge on any atom is 0.0560 e. The molecule has 4 nitrogen and oxygen atoms in total. The molecule has 2 heterocycles. The molecule has 0 amide bonds. The molecule has 1 fully saturated rings. The van der Waals surface area contributed by atoms with Crippen molar-refractivity contribution in [3.63, 3.8) is 0 Å². The highest BCUT2D eigenvalue weighted by Gasteiger charge is 2.19. The summed E-state index contributed by atoms with van der Waals surface area (Å²) in [5.41, 5.74) is 7.76. The van der Waals surface area contributed by atoms with Crippen molar-refractivity contribution in [1.29, 1.82) is 0 Å². The van der Waals surface area contributed by atoms with Crippen molar-refractivity contribution in [2.75, 3.05) is 24.6 Å². The number of nitrogens with zero attached hydrogens (tertiary/aromatic N) is 2. The second kappa shape index (κ2) is 5.98. The van der Waals surface area contributed by atoms with E-state index in [1.165, 1.54) is 18.5 Å². The molecule has 94 valence electrons. The summed E-state index contributed by atoms with van der Waals surface area (Å²) in [5.74, 6) is 0.614. The Hall–Kier alpha value is -1.13. The number of aromatic nitrogens is 1. The van der Waals surface area contributed by atoms with E-state index in [0.717, 1.165) is 25.2 Å². The summed E-state index contributed by atoms with van der Waals surface area (Å²) in [6.45, 7) is 2.91. The highest BCUT2D eigenvalue weighted by molar-refractivity contribution is 5.46. The van der Waals surface area contributed by atoms with Crippen LogP contribution in [-0.4, -0.2) is 29.8 Å². The van der Waals surface area contributed by atoms with Gasteiger partial charge >= 0.3 is 0 Å². The van der Waals surface area contributed by atoms with Crippen LogP contribution in [0.5, 0.6) is 0 Å². The Bertz CT molecular complexity index is 354. The molecule has 1 aliphatic rings. The number of aliphatic hydroxyl groups excluding tert-OH is 1. The minimum absolute atomic E-state index is 0.295. The van der Waals surface area contributed by atoms with E-state index in [2.05, 4.69) is 16.0 Å². The molecule has 1 unspecified atom stereocenters. The van der Waals surface area contributed by atoms with E-state index in [4.69, 9.17) is 10.8 Å². The van der Waals surface area contributed by atoms with E-state index in [0.29, 0.717) is 19.1 Å². The van der Waals surface area contributed by atoms with Crippen LogP contribution in [0.25, 0.3) is 0 Å². The fourth-order valence-electron chi connectivity index (χ4n) is 2.49. The van der Waals surface area contributed by atoms with Crippen LogP contribution in [0, 0.1) is 5.92 Å². The van der Waals surface area contributed by atoms with Gasteiger partial charge in [0.2, 0.25) is 0 Å². The quantitative estimate of drug-likeness (QED) is 0.821. The van der Waals surface area contributed by atoms with Crippen LogP contribution in [0.15, 0.2) is 18.3 Å². The van der Waals surface area contributed by atoms with E-state index < -0.39 is 0 Å². The van der Waals surface area contributed by atoms with Gasteiger partial charge in [-0.25, -0.2) is 0 Å². The number of hydrogen-bond acceptors (Lipinski definition) is 4. The van der Waals surface area contributed by atoms with Crippen molar-refractivity contribution in [1.82, 2.24) is 4.98 Å². The molecule has 3 N–H and O–H groups in total. The normalized spacial score (nSPS) is 20.6. The van der Waals surface area contributed by atoms with Gasteiger partial charge in [-0.05, 0) is 37.3 Å². The van der Waals surface area contributed by atoms with Gasteiger partial charge in [0.1, 0.15) is 0 Å². The second-order valence-electron chi connectivity index (χ2n) is 4.68. The molecule has 4 heteroatoms. The Labute approximate surface area is 102 Å². The summed E-state index contributed by atoms with van der Waals surface area (Å²) in [7, 11) is 0. The Morgan fingerprint density at radius 3 is 3.18 bits per heavy atom. The molecule has 1 atom stereocenters. The molecule has 1 saturated heterocycles. The maximum absolute atomic E-state index is 9.01. The van der Waals surface area contributed by atoms with Crippen LogP contribution in [0.1, 0.15) is 25.0 Å². The molecule has 0 spiro atoms. The minimum atomic E-state index is 0.295. The summed E-state index contributed by atoms with van der Waals surface area (Å²) in [4.78, 5) is 6.60. The van der Waals surface area contributed by atoms with Crippen molar-refractivity contribution in [3.8, 4) is 0 Å². The third kappa shape index (κ3) is 3.17.